The molecule has 0 spiro atoms. The first-order valence-electron chi connectivity index (χ1n) is 19.5. The molecule has 2 aliphatic rings. The summed E-state index contributed by atoms with van der Waals surface area (Å²) in [6, 6.07) is 46.2. The molecule has 5 aromatic carbocycles. The number of nitrogens with zero attached hydrogens (tertiary/aromatic N) is 4. The largest absolute Gasteiger partial charge is 0.458 e. The topological polar surface area (TPSA) is 33.0 Å². The molecule has 0 saturated heterocycles. The van der Waals surface area contributed by atoms with Crippen LogP contribution in [0.15, 0.2) is 134 Å². The first-order chi connectivity index (χ1) is 26.2. The summed E-state index contributed by atoms with van der Waals surface area (Å²) < 4.78 is 9.26. The fourth-order valence-corrected chi connectivity index (χ4v) is 8.18. The second-order valence-corrected chi connectivity index (χ2v) is 18.3. The van der Waals surface area contributed by atoms with E-state index in [-0.39, 0.29) is 23.0 Å². The van der Waals surface area contributed by atoms with Crippen molar-refractivity contribution in [2.45, 2.75) is 78.6 Å². The molecular formula is C49H49BN4O. The van der Waals surface area contributed by atoms with E-state index in [1.165, 1.54) is 16.7 Å². The molecule has 9 rings (SSSR count). The Bertz CT molecular complexity index is 2510. The lowest BCUT2D eigenvalue weighted by Gasteiger charge is -2.38. The van der Waals surface area contributed by atoms with Gasteiger partial charge in [-0.15, -0.1) is 0 Å². The van der Waals surface area contributed by atoms with Crippen molar-refractivity contribution in [3.63, 3.8) is 0 Å². The van der Waals surface area contributed by atoms with Gasteiger partial charge in [0, 0.05) is 40.7 Å². The maximum Gasteiger partial charge on any atom is 0.281 e. The molecule has 0 N–H and O–H groups in total. The zero-order chi connectivity index (χ0) is 38.4. The van der Waals surface area contributed by atoms with Crippen LogP contribution < -0.4 is 31.1 Å². The van der Waals surface area contributed by atoms with Crippen molar-refractivity contribution in [2.75, 3.05) is 9.80 Å². The third kappa shape index (κ3) is 5.90. The number of benzene rings is 5. The fourth-order valence-electron chi connectivity index (χ4n) is 8.18. The first-order valence-corrected chi connectivity index (χ1v) is 19.5. The monoisotopic (exact) mass is 720 g/mol. The second-order valence-electron chi connectivity index (χ2n) is 18.3. The molecule has 5 nitrogen and oxygen atoms in total. The lowest BCUT2D eigenvalue weighted by molar-refractivity contribution is 0.487. The van der Waals surface area contributed by atoms with Gasteiger partial charge in [-0.1, -0.05) is 123 Å². The SMILES string of the molecule is CC(C)(C)c1ccc(N(c2ccc(C(C)(C)C)cc2)c2ccc3c(c2)Oc2cccc4c2B3c2nc3ccc(C(C)(C)C)cn3c2N4c2ccccc2)cc1. The highest BCUT2D eigenvalue weighted by Crippen LogP contribution is 2.43. The molecular weight excluding hydrogens is 671 g/mol. The summed E-state index contributed by atoms with van der Waals surface area (Å²) in [5, 5.41) is 0. The van der Waals surface area contributed by atoms with Crippen LogP contribution in [0.1, 0.15) is 79.0 Å². The molecule has 2 aromatic heterocycles. The van der Waals surface area contributed by atoms with Crippen LogP contribution in [-0.2, 0) is 16.2 Å². The Morgan fingerprint density at radius 1 is 0.564 bits per heavy atom. The normalized spacial score (nSPS) is 13.6. The standard InChI is InChI=1S/C49H49BN4O/c1-47(2,3)32-18-23-36(24-19-32)53(37-25-20-33(21-26-37)48(4,5)6)38-27-28-39-42(30-38)55-41-17-13-16-40-44(41)50(39)45-46(54(40)35-14-11-10-12-15-35)52-31-34(49(7,8)9)22-29-43(52)51-45/h10-31H,1-9H3. The first kappa shape index (κ1) is 35.0. The Hall–Kier alpha value is -5.75. The van der Waals surface area contributed by atoms with Crippen molar-refractivity contribution >= 4 is 63.1 Å². The number of ether oxygens (including phenoxy) is 1. The number of hydrogen-bond acceptors (Lipinski definition) is 4. The van der Waals surface area contributed by atoms with E-state index in [1.54, 1.807) is 0 Å². The molecule has 0 fully saturated rings. The zero-order valence-electron chi connectivity index (χ0n) is 33.5. The van der Waals surface area contributed by atoms with Crippen molar-refractivity contribution in [3.8, 4) is 11.5 Å². The quantitative estimate of drug-likeness (QED) is 0.170. The molecule has 0 amide bonds. The van der Waals surface area contributed by atoms with Crippen molar-refractivity contribution in [1.82, 2.24) is 9.38 Å². The Kier molecular flexibility index (Phi) is 7.88. The average molecular weight is 721 g/mol. The van der Waals surface area contributed by atoms with Gasteiger partial charge in [-0.3, -0.25) is 9.30 Å². The number of imidazole rings is 1. The second kappa shape index (κ2) is 12.4. The van der Waals surface area contributed by atoms with Crippen molar-refractivity contribution < 1.29 is 4.74 Å². The van der Waals surface area contributed by atoms with E-state index in [2.05, 4.69) is 210 Å². The molecule has 4 heterocycles. The van der Waals surface area contributed by atoms with Crippen molar-refractivity contribution in [2.24, 2.45) is 0 Å². The highest BCUT2D eigenvalue weighted by molar-refractivity contribution is 6.98. The van der Waals surface area contributed by atoms with Crippen LogP contribution >= 0.6 is 0 Å². The van der Waals surface area contributed by atoms with E-state index < -0.39 is 0 Å². The van der Waals surface area contributed by atoms with E-state index in [9.17, 15) is 0 Å². The van der Waals surface area contributed by atoms with E-state index >= 15 is 0 Å². The average Bonchev–Trinajstić information content (AvgIpc) is 3.53. The highest BCUT2D eigenvalue weighted by atomic mass is 16.5. The summed E-state index contributed by atoms with van der Waals surface area (Å²) in [6.07, 6.45) is 2.28. The molecule has 0 radical (unpaired) electrons. The Morgan fingerprint density at radius 3 is 1.75 bits per heavy atom. The van der Waals surface area contributed by atoms with Gasteiger partial charge < -0.3 is 9.64 Å². The van der Waals surface area contributed by atoms with Gasteiger partial charge >= 0.3 is 0 Å². The number of aromatic nitrogens is 2. The van der Waals surface area contributed by atoms with Crippen molar-refractivity contribution in [1.29, 1.82) is 0 Å². The predicted octanol–water partition coefficient (Wildman–Crippen LogP) is 11.1. The molecule has 0 saturated carbocycles. The maximum absolute atomic E-state index is 6.96. The maximum atomic E-state index is 6.96. The van der Waals surface area contributed by atoms with Crippen LogP contribution in [0, 0.1) is 0 Å². The Labute approximate surface area is 326 Å². The molecule has 2 aliphatic heterocycles. The van der Waals surface area contributed by atoms with Gasteiger partial charge in [0.15, 0.2) is 0 Å². The van der Waals surface area contributed by atoms with Crippen LogP contribution in [-0.4, -0.2) is 16.1 Å². The minimum Gasteiger partial charge on any atom is -0.458 e. The van der Waals surface area contributed by atoms with E-state index in [0.29, 0.717) is 0 Å². The van der Waals surface area contributed by atoms with Gasteiger partial charge in [0.1, 0.15) is 23.0 Å². The lowest BCUT2D eigenvalue weighted by atomic mass is 9.36. The third-order valence-electron chi connectivity index (χ3n) is 11.3. The van der Waals surface area contributed by atoms with Gasteiger partial charge in [0.25, 0.3) is 6.71 Å². The molecule has 6 heteroatoms. The van der Waals surface area contributed by atoms with Gasteiger partial charge in [0.2, 0.25) is 0 Å². The number of pyridine rings is 1. The van der Waals surface area contributed by atoms with Gasteiger partial charge in [-0.2, -0.15) is 0 Å². The fraction of sp³-hybridized carbons (Fsp3) is 0.245. The Balaban J connectivity index is 1.23. The van der Waals surface area contributed by atoms with Gasteiger partial charge in [0.05, 0.1) is 5.59 Å². The van der Waals surface area contributed by atoms with Crippen LogP contribution in [0.5, 0.6) is 11.5 Å². The lowest BCUT2D eigenvalue weighted by Crippen LogP contribution is -2.60. The summed E-state index contributed by atoms with van der Waals surface area (Å²) in [5.41, 5.74) is 13.6. The summed E-state index contributed by atoms with van der Waals surface area (Å²) in [4.78, 5) is 10.2. The molecule has 55 heavy (non-hydrogen) atoms. The number of fused-ring (bicyclic) bond motifs is 6. The smallest absolute Gasteiger partial charge is 0.281 e. The third-order valence-corrected chi connectivity index (χ3v) is 11.3. The minimum absolute atomic E-state index is 0.0175. The highest BCUT2D eigenvalue weighted by Gasteiger charge is 2.45. The van der Waals surface area contributed by atoms with Crippen molar-refractivity contribution in [3.05, 3.63) is 150 Å². The van der Waals surface area contributed by atoms with Gasteiger partial charge in [-0.25, -0.2) is 4.98 Å². The molecule has 0 unspecified atom stereocenters. The number of rotatable bonds is 4. The number of anilines is 6. The summed E-state index contributed by atoms with van der Waals surface area (Å²) in [7, 11) is 0. The van der Waals surface area contributed by atoms with E-state index in [0.717, 1.165) is 67.9 Å². The van der Waals surface area contributed by atoms with E-state index in [1.807, 2.05) is 0 Å². The number of para-hydroxylation sites is 1. The summed E-state index contributed by atoms with van der Waals surface area (Å²) >= 11 is 0. The summed E-state index contributed by atoms with van der Waals surface area (Å²) in [5.74, 6) is 2.78. The Morgan fingerprint density at radius 2 is 1.15 bits per heavy atom. The molecule has 0 aliphatic carbocycles. The minimum atomic E-state index is -0.109. The summed E-state index contributed by atoms with van der Waals surface area (Å²) in [6.45, 7) is 20.3. The molecule has 7 aromatic rings. The predicted molar refractivity (Wildman–Crippen MR) is 232 cm³/mol. The number of hydrogen-bond donors (Lipinski definition) is 0. The molecule has 0 atom stereocenters. The van der Waals surface area contributed by atoms with E-state index in [4.69, 9.17) is 9.72 Å². The zero-order valence-corrected chi connectivity index (χ0v) is 33.5. The molecule has 274 valence electrons. The van der Waals surface area contributed by atoms with Crippen LogP contribution in [0.25, 0.3) is 5.65 Å². The van der Waals surface area contributed by atoms with Crippen LogP contribution in [0.4, 0.5) is 34.3 Å². The van der Waals surface area contributed by atoms with Crippen LogP contribution in [0.3, 0.4) is 0 Å². The van der Waals surface area contributed by atoms with Gasteiger partial charge in [-0.05, 0) is 105 Å². The van der Waals surface area contributed by atoms with Crippen LogP contribution in [0.2, 0.25) is 0 Å². The molecule has 0 bridgehead atoms.